The number of amides is 2. The molecule has 254 valence electrons. The first-order valence-electron chi connectivity index (χ1n) is 15.7. The van der Waals surface area contributed by atoms with Gasteiger partial charge in [-0.1, -0.05) is 30.3 Å². The second-order valence-electron chi connectivity index (χ2n) is 14.4. The molecule has 0 spiro atoms. The third-order valence-electron chi connectivity index (χ3n) is 6.84. The fraction of sp³-hybridized carbons (Fsp3) is 0.324. The number of fused-ring (bicyclic) bond motifs is 2. The monoisotopic (exact) mass is 665 g/mol. The van der Waals surface area contributed by atoms with Gasteiger partial charge in [0.05, 0.1) is 22.6 Å². The van der Waals surface area contributed by atoms with Crippen molar-refractivity contribution < 1.29 is 33.4 Å². The van der Waals surface area contributed by atoms with Gasteiger partial charge < -0.3 is 14.2 Å². The molecular formula is C37H39N5O7. The number of ether oxygens (including phenoxy) is 3. The number of anilines is 2. The number of aromatic nitrogens is 3. The summed E-state index contributed by atoms with van der Waals surface area (Å²) in [6, 6.07) is 15.6. The topological polar surface area (TPSA) is 133 Å². The van der Waals surface area contributed by atoms with Crippen molar-refractivity contribution in [1.29, 1.82) is 0 Å². The minimum atomic E-state index is -0.965. The van der Waals surface area contributed by atoms with Gasteiger partial charge in [0.1, 0.15) is 22.5 Å². The molecule has 0 fully saturated rings. The van der Waals surface area contributed by atoms with Gasteiger partial charge in [-0.3, -0.25) is 4.98 Å². The van der Waals surface area contributed by atoms with Crippen LogP contribution in [0.4, 0.5) is 25.8 Å². The summed E-state index contributed by atoms with van der Waals surface area (Å²) in [5.74, 6) is 1.88. The van der Waals surface area contributed by atoms with Crippen molar-refractivity contribution >= 4 is 52.6 Å². The Hall–Kier alpha value is -5.74. The van der Waals surface area contributed by atoms with E-state index in [1.807, 2.05) is 12.0 Å². The van der Waals surface area contributed by atoms with Crippen LogP contribution in [-0.2, 0) is 19.0 Å². The molecule has 0 bridgehead atoms. The fourth-order valence-electron chi connectivity index (χ4n) is 5.07. The van der Waals surface area contributed by atoms with Crippen LogP contribution in [0, 0.1) is 0 Å². The Morgan fingerprint density at radius 1 is 0.714 bits per heavy atom. The highest BCUT2D eigenvalue weighted by Crippen LogP contribution is 2.47. The molecule has 0 atom stereocenters. The van der Waals surface area contributed by atoms with Crippen LogP contribution >= 0.6 is 0 Å². The summed E-state index contributed by atoms with van der Waals surface area (Å²) in [5.41, 5.74) is -0.989. The molecule has 12 heteroatoms. The molecule has 2 aromatic heterocycles. The number of benzene rings is 2. The van der Waals surface area contributed by atoms with Crippen molar-refractivity contribution in [3.05, 3.63) is 83.9 Å². The Kier molecular flexibility index (Phi) is 8.97. The van der Waals surface area contributed by atoms with Gasteiger partial charge in [-0.25, -0.2) is 29.0 Å². The molecule has 0 aliphatic carbocycles. The molecule has 12 nitrogen and oxygen atoms in total. The highest BCUT2D eigenvalue weighted by molar-refractivity contribution is 6.14. The SMILES string of the molecule is CC(C)(C)OC(=O)N1C(=C=O)/C(=C\c2ccccc2)N(C(=O)OC(C)(C)C)c2cc3c(-c4ccncc4)nn(C(=O)OC(C)(C)C)c3cc21. The lowest BCUT2D eigenvalue weighted by Crippen LogP contribution is -2.46. The van der Waals surface area contributed by atoms with E-state index >= 15 is 0 Å². The number of carbonyl (C=O) groups is 3. The van der Waals surface area contributed by atoms with Crippen LogP contribution in [0.25, 0.3) is 28.2 Å². The van der Waals surface area contributed by atoms with Crippen molar-refractivity contribution in [2.75, 3.05) is 9.80 Å². The molecule has 2 aromatic carbocycles. The van der Waals surface area contributed by atoms with Gasteiger partial charge in [-0.15, -0.1) is 0 Å². The summed E-state index contributed by atoms with van der Waals surface area (Å²) in [7, 11) is 0. The van der Waals surface area contributed by atoms with E-state index in [0.717, 1.165) is 9.58 Å². The van der Waals surface area contributed by atoms with Gasteiger partial charge in [0, 0.05) is 23.3 Å². The predicted octanol–water partition coefficient (Wildman–Crippen LogP) is 8.13. The average molecular weight is 666 g/mol. The molecule has 0 saturated carbocycles. The summed E-state index contributed by atoms with van der Waals surface area (Å²) in [5, 5.41) is 5.08. The van der Waals surface area contributed by atoms with Gasteiger partial charge >= 0.3 is 18.3 Å². The van der Waals surface area contributed by atoms with Crippen molar-refractivity contribution in [1.82, 2.24) is 14.8 Å². The fourth-order valence-corrected chi connectivity index (χ4v) is 5.07. The predicted molar refractivity (Wildman–Crippen MR) is 186 cm³/mol. The molecule has 5 rings (SSSR count). The minimum absolute atomic E-state index is 0.0122. The molecule has 0 radical (unpaired) electrons. The van der Waals surface area contributed by atoms with E-state index in [-0.39, 0.29) is 28.3 Å². The maximum Gasteiger partial charge on any atom is 0.435 e. The lowest BCUT2D eigenvalue weighted by atomic mass is 10.0. The molecule has 4 aromatic rings. The van der Waals surface area contributed by atoms with Gasteiger partial charge in [0.2, 0.25) is 0 Å². The lowest BCUT2D eigenvalue weighted by Gasteiger charge is -2.39. The first kappa shape index (κ1) is 34.6. The van der Waals surface area contributed by atoms with Crippen molar-refractivity contribution in [2.45, 2.75) is 79.1 Å². The Morgan fingerprint density at radius 3 is 1.80 bits per heavy atom. The van der Waals surface area contributed by atoms with Gasteiger partial charge in [0.15, 0.2) is 11.6 Å². The standard InChI is InChI=1S/C37H39N5O7/c1-35(2,3)47-32(44)40-27(19-23-13-11-10-12-14-23)30(22-43)41(33(45)48-36(4,5)6)29-21-26-25(20-28(29)40)31(24-15-17-38-18-16-24)39-42(26)34(46)49-37(7,8)9/h10-21H,1-9H3/b27-19+. The van der Waals surface area contributed by atoms with Crippen LogP contribution in [0.2, 0.25) is 0 Å². The Bertz CT molecular complexity index is 2010. The Labute approximate surface area is 284 Å². The van der Waals surface area contributed by atoms with Crippen molar-refractivity contribution in [3.63, 3.8) is 0 Å². The number of carbonyl (C=O) groups excluding carboxylic acids is 4. The Balaban J connectivity index is 1.91. The first-order chi connectivity index (χ1) is 22.9. The van der Waals surface area contributed by atoms with E-state index < -0.39 is 35.1 Å². The van der Waals surface area contributed by atoms with Crippen LogP contribution in [-0.4, -0.2) is 55.8 Å². The smallest absolute Gasteiger partial charge is 0.435 e. The largest absolute Gasteiger partial charge is 0.443 e. The van der Waals surface area contributed by atoms with Crippen molar-refractivity contribution in [2.24, 2.45) is 0 Å². The molecule has 0 saturated heterocycles. The maximum absolute atomic E-state index is 14.2. The third-order valence-corrected chi connectivity index (χ3v) is 6.84. The summed E-state index contributed by atoms with van der Waals surface area (Å²) >= 11 is 0. The lowest BCUT2D eigenvalue weighted by molar-refractivity contribution is 0.0521. The molecule has 1 aliphatic rings. The van der Waals surface area contributed by atoms with Gasteiger partial charge in [0.25, 0.3) is 0 Å². The minimum Gasteiger partial charge on any atom is -0.443 e. The van der Waals surface area contributed by atoms with E-state index in [0.29, 0.717) is 22.2 Å². The summed E-state index contributed by atoms with van der Waals surface area (Å²) in [4.78, 5) is 61.1. The number of nitrogens with zero attached hydrogens (tertiary/aromatic N) is 5. The van der Waals surface area contributed by atoms with E-state index in [9.17, 15) is 19.2 Å². The van der Waals surface area contributed by atoms with E-state index in [1.54, 1.807) is 123 Å². The zero-order valence-corrected chi connectivity index (χ0v) is 29.0. The summed E-state index contributed by atoms with van der Waals surface area (Å²) in [6.07, 6.45) is 2.25. The van der Waals surface area contributed by atoms with E-state index in [2.05, 4.69) is 10.1 Å². The van der Waals surface area contributed by atoms with Crippen LogP contribution in [0.1, 0.15) is 67.9 Å². The number of hydrogen-bond acceptors (Lipinski definition) is 9. The zero-order chi connectivity index (χ0) is 35.9. The van der Waals surface area contributed by atoms with Crippen LogP contribution in [0.15, 0.2) is 78.4 Å². The maximum atomic E-state index is 14.2. The molecule has 0 unspecified atom stereocenters. The second-order valence-corrected chi connectivity index (χ2v) is 14.4. The molecule has 1 aliphatic heterocycles. The molecule has 2 amide bonds. The summed E-state index contributed by atoms with van der Waals surface area (Å²) < 4.78 is 18.4. The Morgan fingerprint density at radius 2 is 1.24 bits per heavy atom. The molecule has 3 heterocycles. The van der Waals surface area contributed by atoms with Gasteiger partial charge in [-0.05, 0) is 98.2 Å². The zero-order valence-electron chi connectivity index (χ0n) is 29.0. The van der Waals surface area contributed by atoms with Crippen LogP contribution in [0.5, 0.6) is 0 Å². The number of rotatable bonds is 2. The number of pyridine rings is 1. The third kappa shape index (κ3) is 7.55. The highest BCUT2D eigenvalue weighted by atomic mass is 16.6. The van der Waals surface area contributed by atoms with Crippen LogP contribution < -0.4 is 9.80 Å². The molecule has 0 N–H and O–H groups in total. The average Bonchev–Trinajstić information content (AvgIpc) is 3.36. The summed E-state index contributed by atoms with van der Waals surface area (Å²) in [6.45, 7) is 15.4. The van der Waals surface area contributed by atoms with Crippen molar-refractivity contribution in [3.8, 4) is 11.3 Å². The van der Waals surface area contributed by atoms with E-state index in [4.69, 9.17) is 14.2 Å². The van der Waals surface area contributed by atoms with E-state index in [1.165, 1.54) is 11.0 Å². The first-order valence-corrected chi connectivity index (χ1v) is 15.7. The second kappa shape index (κ2) is 12.7. The van der Waals surface area contributed by atoms with Crippen LogP contribution in [0.3, 0.4) is 0 Å². The molecular weight excluding hydrogens is 626 g/mol. The number of hydrogen-bond donors (Lipinski definition) is 0. The van der Waals surface area contributed by atoms with Gasteiger partial charge in [-0.2, -0.15) is 9.78 Å². The normalized spacial score (nSPS) is 14.4. The molecule has 49 heavy (non-hydrogen) atoms. The quantitative estimate of drug-likeness (QED) is 0.154. The highest BCUT2D eigenvalue weighted by Gasteiger charge is 2.43.